The van der Waals surface area contributed by atoms with Crippen LogP contribution in [0.4, 0.5) is 4.79 Å². The highest BCUT2D eigenvalue weighted by Gasteiger charge is 1.88. The Morgan fingerprint density at radius 3 is 2.50 bits per heavy atom. The molecule has 3 heteroatoms. The molecule has 0 aliphatic heterocycles. The van der Waals surface area contributed by atoms with Crippen LogP contribution in [0.3, 0.4) is 0 Å². The minimum Gasteiger partial charge on any atom is -0.473 e. The summed E-state index contributed by atoms with van der Waals surface area (Å²) in [5, 5.41) is 7.08. The van der Waals surface area contributed by atoms with E-state index in [1.165, 1.54) is 0 Å². The van der Waals surface area contributed by atoms with Gasteiger partial charge < -0.3 is 5.11 Å². The highest BCUT2D eigenvalue weighted by atomic mass is 32.2. The Bertz CT molecular complexity index is 52.8. The number of hydrogen-bond donors (Lipinski definition) is 1. The highest BCUT2D eigenvalue weighted by molar-refractivity contribution is 8.13. The summed E-state index contributed by atoms with van der Waals surface area (Å²) in [4.78, 5) is 9.56. The third-order valence-electron chi connectivity index (χ3n) is 0.268. The lowest BCUT2D eigenvalue weighted by molar-refractivity contribution is 0.222. The van der Waals surface area contributed by atoms with Crippen molar-refractivity contribution in [1.82, 2.24) is 0 Å². The first-order valence-electron chi connectivity index (χ1n) is 1.63. The van der Waals surface area contributed by atoms with Crippen molar-refractivity contribution in [3.8, 4) is 0 Å². The third-order valence-corrected chi connectivity index (χ3v) is 0.803. The minimum absolute atomic E-state index is 0.648. The number of rotatable bonds is 1. The molecule has 0 fully saturated rings. The Morgan fingerprint density at radius 2 is 2.50 bits per heavy atom. The fourth-order valence-corrected chi connectivity index (χ4v) is 0.370. The standard InChI is InChI=1S/C3H6O2S/c1-2-6-3(4)5/h2H2,1H3,(H,4,5). The van der Waals surface area contributed by atoms with Crippen molar-refractivity contribution in [2.45, 2.75) is 6.92 Å². The summed E-state index contributed by atoms with van der Waals surface area (Å²) in [7, 11) is 0. The van der Waals surface area contributed by atoms with Gasteiger partial charge in [-0.3, -0.25) is 0 Å². The summed E-state index contributed by atoms with van der Waals surface area (Å²) in [6, 6.07) is 0. The molecule has 0 saturated heterocycles. The van der Waals surface area contributed by atoms with Crippen LogP contribution in [0.5, 0.6) is 0 Å². The summed E-state index contributed by atoms with van der Waals surface area (Å²) >= 11 is 0.903. The Balaban J connectivity index is 2.83. The maximum atomic E-state index is 9.56. The lowest BCUT2D eigenvalue weighted by Gasteiger charge is -1.79. The molecule has 0 rings (SSSR count). The van der Waals surface area contributed by atoms with Gasteiger partial charge in [-0.05, 0) is 11.8 Å². The van der Waals surface area contributed by atoms with E-state index in [2.05, 4.69) is 0 Å². The fraction of sp³-hybridized carbons (Fsp3) is 0.667. The van der Waals surface area contributed by atoms with Crippen molar-refractivity contribution in [3.05, 3.63) is 0 Å². The molecule has 0 radical (unpaired) electrons. The van der Waals surface area contributed by atoms with Crippen LogP contribution in [0, 0.1) is 0 Å². The Labute approximate surface area is 40.5 Å². The molecule has 0 saturated carbocycles. The maximum absolute atomic E-state index is 9.56. The molecule has 0 bridgehead atoms. The van der Waals surface area contributed by atoms with Crippen LogP contribution in [-0.4, -0.2) is 16.2 Å². The quantitative estimate of drug-likeness (QED) is 0.549. The van der Waals surface area contributed by atoms with Crippen LogP contribution in [0.25, 0.3) is 0 Å². The summed E-state index contributed by atoms with van der Waals surface area (Å²) in [5.74, 6) is 0.648. The Morgan fingerprint density at radius 1 is 2.00 bits per heavy atom. The van der Waals surface area contributed by atoms with E-state index >= 15 is 0 Å². The molecule has 6 heavy (non-hydrogen) atoms. The van der Waals surface area contributed by atoms with Gasteiger partial charge in [-0.1, -0.05) is 6.92 Å². The molecule has 36 valence electrons. The molecule has 0 aliphatic rings. The topological polar surface area (TPSA) is 37.3 Å². The predicted octanol–water partition coefficient (Wildman–Crippen LogP) is 1.42. The highest BCUT2D eigenvalue weighted by Crippen LogP contribution is 1.96. The second-order valence-electron chi connectivity index (χ2n) is 0.699. The van der Waals surface area contributed by atoms with Gasteiger partial charge >= 0.3 is 5.30 Å². The molecule has 0 aliphatic carbocycles. The van der Waals surface area contributed by atoms with E-state index in [-0.39, 0.29) is 0 Å². The molecular formula is C3H6O2S. The number of carboxylic acid groups (broad SMARTS) is 1. The zero-order valence-electron chi connectivity index (χ0n) is 3.47. The van der Waals surface area contributed by atoms with Gasteiger partial charge in [0.05, 0.1) is 0 Å². The monoisotopic (exact) mass is 106 g/mol. The van der Waals surface area contributed by atoms with Gasteiger partial charge in [0, 0.05) is 5.75 Å². The second kappa shape index (κ2) is 3.03. The molecule has 0 atom stereocenters. The van der Waals surface area contributed by atoms with Gasteiger partial charge in [0.2, 0.25) is 0 Å². The molecule has 1 N–H and O–H groups in total. The Hall–Kier alpha value is -0.180. The number of thioether (sulfide) groups is 1. The van der Waals surface area contributed by atoms with Crippen LogP contribution >= 0.6 is 11.8 Å². The first kappa shape index (κ1) is 5.82. The lowest BCUT2D eigenvalue weighted by Crippen LogP contribution is -1.81. The van der Waals surface area contributed by atoms with Crippen LogP contribution in [0.15, 0.2) is 0 Å². The minimum atomic E-state index is -0.794. The van der Waals surface area contributed by atoms with Crippen molar-refractivity contribution >= 4 is 17.1 Å². The normalized spacial score (nSPS) is 8.17. The molecule has 0 unspecified atom stereocenters. The van der Waals surface area contributed by atoms with Gasteiger partial charge in [0.25, 0.3) is 0 Å². The largest absolute Gasteiger partial charge is 0.473 e. The van der Waals surface area contributed by atoms with Crippen molar-refractivity contribution in [2.24, 2.45) is 0 Å². The van der Waals surface area contributed by atoms with Gasteiger partial charge in [-0.2, -0.15) is 0 Å². The molecule has 0 heterocycles. The summed E-state index contributed by atoms with van der Waals surface area (Å²) < 4.78 is 0. The smallest absolute Gasteiger partial charge is 0.364 e. The van der Waals surface area contributed by atoms with E-state index in [0.717, 1.165) is 11.8 Å². The van der Waals surface area contributed by atoms with Crippen molar-refractivity contribution < 1.29 is 9.90 Å². The van der Waals surface area contributed by atoms with Crippen molar-refractivity contribution in [2.75, 3.05) is 5.75 Å². The summed E-state index contributed by atoms with van der Waals surface area (Å²) in [5.41, 5.74) is 0. The zero-order chi connectivity index (χ0) is 4.99. The molecule has 2 nitrogen and oxygen atoms in total. The third kappa shape index (κ3) is 3.82. The van der Waals surface area contributed by atoms with Crippen molar-refractivity contribution in [3.63, 3.8) is 0 Å². The molecule has 0 aromatic heterocycles. The van der Waals surface area contributed by atoms with Crippen LogP contribution < -0.4 is 0 Å². The van der Waals surface area contributed by atoms with Gasteiger partial charge in [-0.25, -0.2) is 4.79 Å². The first-order valence-corrected chi connectivity index (χ1v) is 2.61. The average molecular weight is 106 g/mol. The van der Waals surface area contributed by atoms with E-state index in [1.54, 1.807) is 6.92 Å². The van der Waals surface area contributed by atoms with Crippen LogP contribution in [0.2, 0.25) is 0 Å². The van der Waals surface area contributed by atoms with E-state index in [1.807, 2.05) is 0 Å². The van der Waals surface area contributed by atoms with Gasteiger partial charge in [0.15, 0.2) is 0 Å². The van der Waals surface area contributed by atoms with Crippen LogP contribution in [0.1, 0.15) is 6.92 Å². The number of carbonyl (C=O) groups is 1. The van der Waals surface area contributed by atoms with E-state index < -0.39 is 5.30 Å². The molecule has 0 spiro atoms. The summed E-state index contributed by atoms with van der Waals surface area (Å²) in [6.45, 7) is 1.80. The SMILES string of the molecule is CCSC(=O)O. The van der Waals surface area contributed by atoms with E-state index in [4.69, 9.17) is 5.11 Å². The first-order chi connectivity index (χ1) is 2.77. The lowest BCUT2D eigenvalue weighted by atomic mass is 11.0. The van der Waals surface area contributed by atoms with E-state index in [9.17, 15) is 4.79 Å². The average Bonchev–Trinajstić information content (AvgIpc) is 1.35. The number of hydrogen-bond acceptors (Lipinski definition) is 2. The maximum Gasteiger partial charge on any atom is 0.364 e. The zero-order valence-corrected chi connectivity index (χ0v) is 4.29. The molecule has 0 aromatic carbocycles. The predicted molar refractivity (Wildman–Crippen MR) is 26.2 cm³/mol. The molecular weight excluding hydrogens is 100 g/mol. The Kier molecular flexibility index (Phi) is 2.94. The van der Waals surface area contributed by atoms with Crippen LogP contribution in [-0.2, 0) is 0 Å². The van der Waals surface area contributed by atoms with Gasteiger partial charge in [-0.15, -0.1) is 0 Å². The van der Waals surface area contributed by atoms with Gasteiger partial charge in [0.1, 0.15) is 0 Å². The molecule has 0 amide bonds. The van der Waals surface area contributed by atoms with E-state index in [0.29, 0.717) is 5.75 Å². The second-order valence-corrected chi connectivity index (χ2v) is 1.91. The van der Waals surface area contributed by atoms with Crippen molar-refractivity contribution in [1.29, 1.82) is 0 Å². The summed E-state index contributed by atoms with van der Waals surface area (Å²) in [6.07, 6.45) is 0. The fourth-order valence-electron chi connectivity index (χ4n) is 0.123. The molecule has 0 aromatic rings.